The maximum absolute atomic E-state index is 5.47. The quantitative estimate of drug-likeness (QED) is 0.160. The molecule has 0 radical (unpaired) electrons. The molecule has 16 rings (SSSR count). The van der Waals surface area contributed by atoms with Crippen LogP contribution in [-0.4, -0.2) is 38.2 Å². The van der Waals surface area contributed by atoms with Crippen LogP contribution in [0.1, 0.15) is 0 Å². The Morgan fingerprint density at radius 2 is 0.474 bits per heavy atom. The summed E-state index contributed by atoms with van der Waals surface area (Å²) in [6.07, 6.45) is 0. The number of rotatable bonds is 7. The molecular weight excluding hydrogens is 929 g/mol. The van der Waals surface area contributed by atoms with Crippen molar-refractivity contribution in [2.75, 3.05) is 0 Å². The van der Waals surface area contributed by atoms with Gasteiger partial charge in [-0.05, 0) is 65.7 Å². The minimum Gasteiger partial charge on any atom is -0.294 e. The number of aromatic nitrogens is 8. The van der Waals surface area contributed by atoms with E-state index in [-0.39, 0.29) is 0 Å². The van der Waals surface area contributed by atoms with Gasteiger partial charge in [-0.1, -0.05) is 188 Å². The lowest BCUT2D eigenvalue weighted by atomic mass is 9.99. The van der Waals surface area contributed by atoms with Crippen molar-refractivity contribution in [2.24, 2.45) is 0 Å². The number of para-hydroxylation sites is 8. The molecule has 16 aromatic rings. The minimum atomic E-state index is 0.604. The molecule has 0 fully saturated rings. The van der Waals surface area contributed by atoms with Crippen molar-refractivity contribution in [3.63, 3.8) is 0 Å². The Balaban J connectivity index is 0.854. The second-order valence-electron chi connectivity index (χ2n) is 19.5. The van der Waals surface area contributed by atoms with Crippen LogP contribution < -0.4 is 0 Å². The van der Waals surface area contributed by atoms with Gasteiger partial charge >= 0.3 is 0 Å². The molecule has 10 aromatic carbocycles. The molecule has 6 heterocycles. The predicted molar refractivity (Wildman–Crippen MR) is 311 cm³/mol. The average molecular weight is 971 g/mol. The first-order valence-corrected chi connectivity index (χ1v) is 25.6. The molecule has 0 saturated heterocycles. The summed E-state index contributed by atoms with van der Waals surface area (Å²) in [7, 11) is 0. The number of hydrogen-bond acceptors (Lipinski definition) is 4. The van der Waals surface area contributed by atoms with Gasteiger partial charge in [0.2, 0.25) is 11.9 Å². The zero-order valence-electron chi connectivity index (χ0n) is 40.8. The molecule has 0 spiro atoms. The van der Waals surface area contributed by atoms with E-state index in [1.165, 1.54) is 21.5 Å². The van der Waals surface area contributed by atoms with Crippen LogP contribution in [0.2, 0.25) is 0 Å². The molecule has 8 heteroatoms. The highest BCUT2D eigenvalue weighted by Gasteiger charge is 2.22. The molecule has 0 aliphatic heterocycles. The Bertz CT molecular complexity index is 4540. The van der Waals surface area contributed by atoms with Crippen molar-refractivity contribution in [3.8, 4) is 57.2 Å². The first kappa shape index (κ1) is 42.1. The number of hydrogen-bond donors (Lipinski definition) is 0. The van der Waals surface area contributed by atoms with Crippen molar-refractivity contribution in [3.05, 3.63) is 255 Å². The van der Waals surface area contributed by atoms with Gasteiger partial charge in [0.1, 0.15) is 11.6 Å². The van der Waals surface area contributed by atoms with Crippen LogP contribution in [0.5, 0.6) is 0 Å². The van der Waals surface area contributed by atoms with Crippen LogP contribution in [0.3, 0.4) is 0 Å². The van der Waals surface area contributed by atoms with Gasteiger partial charge in [-0.2, -0.15) is 9.97 Å². The highest BCUT2D eigenvalue weighted by atomic mass is 15.2. The van der Waals surface area contributed by atoms with Gasteiger partial charge in [0.15, 0.2) is 0 Å². The summed E-state index contributed by atoms with van der Waals surface area (Å²) in [4.78, 5) is 21.8. The van der Waals surface area contributed by atoms with Gasteiger partial charge in [0.05, 0.1) is 55.5 Å². The topological polar surface area (TPSA) is 71.3 Å². The highest BCUT2D eigenvalue weighted by molar-refractivity contribution is 6.12. The molecule has 354 valence electrons. The summed E-state index contributed by atoms with van der Waals surface area (Å²) in [5, 5.41) is 9.33. The van der Waals surface area contributed by atoms with Crippen LogP contribution >= 0.6 is 0 Å². The van der Waals surface area contributed by atoms with Gasteiger partial charge in [-0.15, -0.1) is 0 Å². The lowest BCUT2D eigenvalue weighted by Gasteiger charge is -2.14. The fraction of sp³-hybridized carbons (Fsp3) is 0. The smallest absolute Gasteiger partial charge is 0.237 e. The Morgan fingerprint density at radius 1 is 0.197 bits per heavy atom. The zero-order valence-corrected chi connectivity index (χ0v) is 40.8. The maximum atomic E-state index is 5.47. The van der Waals surface area contributed by atoms with Crippen molar-refractivity contribution in [1.82, 2.24) is 38.2 Å². The summed E-state index contributed by atoms with van der Waals surface area (Å²) < 4.78 is 8.97. The molecule has 0 saturated carbocycles. The fourth-order valence-corrected chi connectivity index (χ4v) is 11.9. The second-order valence-corrected chi connectivity index (χ2v) is 19.5. The third kappa shape index (κ3) is 6.37. The second kappa shape index (κ2) is 16.5. The summed E-state index contributed by atoms with van der Waals surface area (Å²) in [6, 6.07) is 90.1. The van der Waals surface area contributed by atoms with Crippen molar-refractivity contribution < 1.29 is 0 Å². The molecule has 0 aliphatic carbocycles. The summed E-state index contributed by atoms with van der Waals surface area (Å²) in [5.74, 6) is 2.79. The molecule has 0 unspecified atom stereocenters. The van der Waals surface area contributed by atoms with Crippen molar-refractivity contribution >= 4 is 87.2 Å². The molecule has 76 heavy (non-hydrogen) atoms. The Hall–Kier alpha value is -10.4. The van der Waals surface area contributed by atoms with Crippen LogP contribution in [0.4, 0.5) is 0 Å². The zero-order chi connectivity index (χ0) is 49.8. The predicted octanol–water partition coefficient (Wildman–Crippen LogP) is 16.7. The van der Waals surface area contributed by atoms with Crippen molar-refractivity contribution in [1.29, 1.82) is 0 Å². The SMILES string of the molecule is c1cc(-c2ccc(-c3cc(-n4c5ccccc5c5ccccc54)nc(-n4c5ccccc5c5ccccc54)n3)cc2)cc(-c2cc(-n3c4ccccc4c4ccccc43)nc(-n3c4ccccc4c4ccccc43)n2)c1. The molecule has 0 amide bonds. The number of fused-ring (bicyclic) bond motifs is 12. The van der Waals surface area contributed by atoms with Crippen LogP contribution in [-0.2, 0) is 0 Å². The van der Waals surface area contributed by atoms with Gasteiger partial charge < -0.3 is 0 Å². The average Bonchev–Trinajstić information content (AvgIpc) is 4.29. The molecule has 0 N–H and O–H groups in total. The summed E-state index contributed by atoms with van der Waals surface area (Å²) in [6.45, 7) is 0. The normalized spacial score (nSPS) is 11.9. The molecule has 0 aliphatic rings. The lowest BCUT2D eigenvalue weighted by molar-refractivity contribution is 0.951. The van der Waals surface area contributed by atoms with E-state index < -0.39 is 0 Å². The van der Waals surface area contributed by atoms with Gasteiger partial charge in [0, 0.05) is 66.3 Å². The van der Waals surface area contributed by atoms with Crippen LogP contribution in [0, 0.1) is 0 Å². The van der Waals surface area contributed by atoms with E-state index in [0.717, 1.165) is 111 Å². The molecule has 0 atom stereocenters. The van der Waals surface area contributed by atoms with E-state index in [9.17, 15) is 0 Å². The number of benzene rings is 10. The molecule has 6 aromatic heterocycles. The third-order valence-electron chi connectivity index (χ3n) is 15.3. The van der Waals surface area contributed by atoms with Gasteiger partial charge in [0.25, 0.3) is 0 Å². The van der Waals surface area contributed by atoms with Crippen LogP contribution in [0.25, 0.3) is 144 Å². The Labute approximate surface area is 435 Å². The monoisotopic (exact) mass is 970 g/mol. The van der Waals surface area contributed by atoms with E-state index in [1.54, 1.807) is 0 Å². The highest BCUT2D eigenvalue weighted by Crippen LogP contribution is 2.39. The lowest BCUT2D eigenvalue weighted by Crippen LogP contribution is -2.07. The fourth-order valence-electron chi connectivity index (χ4n) is 11.9. The molecule has 0 bridgehead atoms. The third-order valence-corrected chi connectivity index (χ3v) is 15.3. The summed E-state index contributed by atoms with van der Waals surface area (Å²) >= 11 is 0. The van der Waals surface area contributed by atoms with E-state index in [1.807, 2.05) is 0 Å². The largest absolute Gasteiger partial charge is 0.294 e. The van der Waals surface area contributed by atoms with E-state index in [4.69, 9.17) is 19.9 Å². The van der Waals surface area contributed by atoms with E-state index in [0.29, 0.717) is 11.9 Å². The molecular formula is C68H42N8. The van der Waals surface area contributed by atoms with E-state index >= 15 is 0 Å². The van der Waals surface area contributed by atoms with Crippen LogP contribution in [0.15, 0.2) is 255 Å². The van der Waals surface area contributed by atoms with Crippen molar-refractivity contribution in [2.45, 2.75) is 0 Å². The first-order chi connectivity index (χ1) is 37.7. The maximum Gasteiger partial charge on any atom is 0.237 e. The first-order valence-electron chi connectivity index (χ1n) is 25.6. The Morgan fingerprint density at radius 3 is 0.816 bits per heavy atom. The van der Waals surface area contributed by atoms with E-state index in [2.05, 4.69) is 273 Å². The molecule has 8 nitrogen and oxygen atoms in total. The standard InChI is InChI=1S/C68H42N8/c1-9-28-57-47(20-1)48-21-2-10-29-58(48)73(57)65-41-55(69-67(71-65)75-61-32-13-5-24-51(61)52-25-6-14-33-62(52)75)44-38-36-43(37-39-44)45-18-17-19-46(40-45)56-42-66(74-59-30-11-3-22-49(59)50-23-4-12-31-60(50)74)72-68(70-56)76-63-34-15-7-26-53(63)54-27-8-16-35-64(54)76/h1-42H. The Kier molecular flexibility index (Phi) is 9.17. The number of nitrogens with zero attached hydrogens (tertiary/aromatic N) is 8. The van der Waals surface area contributed by atoms with Gasteiger partial charge in [-0.25, -0.2) is 9.97 Å². The summed E-state index contributed by atoms with van der Waals surface area (Å²) in [5.41, 5.74) is 14.3. The van der Waals surface area contributed by atoms with Gasteiger partial charge in [-0.3, -0.25) is 18.3 Å². The minimum absolute atomic E-state index is 0.604.